The summed E-state index contributed by atoms with van der Waals surface area (Å²) in [6, 6.07) is 21.2. The number of benzene rings is 2. The Bertz CT molecular complexity index is 698. The summed E-state index contributed by atoms with van der Waals surface area (Å²) in [5.74, 6) is 0.274. The van der Waals surface area contributed by atoms with Crippen molar-refractivity contribution in [3.05, 3.63) is 66.2 Å². The minimum atomic E-state index is -0.176. The number of halogens is 1. The summed E-state index contributed by atoms with van der Waals surface area (Å²) < 4.78 is 0. The summed E-state index contributed by atoms with van der Waals surface area (Å²) >= 11 is 1.67. The van der Waals surface area contributed by atoms with E-state index in [0.717, 1.165) is 42.8 Å². The number of thioether (sulfide) groups is 1. The number of carbonyl (C=O) groups excluding carboxylic acids is 1. The van der Waals surface area contributed by atoms with Crippen molar-refractivity contribution in [1.29, 1.82) is 0 Å². The van der Waals surface area contributed by atoms with E-state index >= 15 is 0 Å². The average molecular weight is 389 g/mol. The number of nitrogens with zero attached hydrogens (tertiary/aromatic N) is 1. The second-order valence-corrected chi connectivity index (χ2v) is 8.02. The molecule has 2 heterocycles. The molecule has 2 bridgehead atoms. The van der Waals surface area contributed by atoms with Gasteiger partial charge in [-0.2, -0.15) is 0 Å². The Hall–Kier alpha value is -1.49. The molecule has 138 valence electrons. The van der Waals surface area contributed by atoms with E-state index in [9.17, 15) is 4.79 Å². The third-order valence-corrected chi connectivity index (χ3v) is 6.49. The van der Waals surface area contributed by atoms with Crippen LogP contribution in [-0.2, 0) is 4.79 Å². The van der Waals surface area contributed by atoms with Gasteiger partial charge in [0, 0.05) is 23.5 Å². The summed E-state index contributed by atoms with van der Waals surface area (Å²) in [6.07, 6.45) is 3.34. The molecule has 0 aromatic heterocycles. The number of carbonyl (C=O) groups is 1. The Morgan fingerprint density at radius 1 is 0.962 bits per heavy atom. The lowest BCUT2D eigenvalue weighted by Gasteiger charge is -2.31. The monoisotopic (exact) mass is 388 g/mol. The van der Waals surface area contributed by atoms with Crippen LogP contribution in [0.25, 0.3) is 0 Å². The molecule has 1 amide bonds. The van der Waals surface area contributed by atoms with Gasteiger partial charge in [0.15, 0.2) is 0 Å². The summed E-state index contributed by atoms with van der Waals surface area (Å²) in [7, 11) is 0. The zero-order valence-electron chi connectivity index (χ0n) is 14.7. The Morgan fingerprint density at radius 3 is 2.35 bits per heavy atom. The molecule has 0 spiro atoms. The Kier molecular flexibility index (Phi) is 6.63. The fourth-order valence-electron chi connectivity index (χ4n) is 4.00. The zero-order valence-corrected chi connectivity index (χ0v) is 16.3. The second kappa shape index (κ2) is 8.94. The van der Waals surface area contributed by atoms with Crippen molar-refractivity contribution in [3.63, 3.8) is 0 Å². The van der Waals surface area contributed by atoms with Crippen molar-refractivity contribution >= 4 is 30.1 Å². The van der Waals surface area contributed by atoms with Crippen molar-refractivity contribution in [2.75, 3.05) is 13.1 Å². The highest BCUT2D eigenvalue weighted by Gasteiger charge is 2.41. The molecule has 2 aromatic carbocycles. The quantitative estimate of drug-likeness (QED) is 0.793. The van der Waals surface area contributed by atoms with Gasteiger partial charge in [-0.1, -0.05) is 48.5 Å². The predicted octanol–water partition coefficient (Wildman–Crippen LogP) is 4.29. The van der Waals surface area contributed by atoms with Crippen molar-refractivity contribution in [2.24, 2.45) is 0 Å². The fourth-order valence-corrected chi connectivity index (χ4v) is 5.10. The highest BCUT2D eigenvalue weighted by Crippen LogP contribution is 2.40. The second-order valence-electron chi connectivity index (χ2n) is 6.84. The average Bonchev–Trinajstić information content (AvgIpc) is 2.93. The van der Waals surface area contributed by atoms with Gasteiger partial charge in [-0.05, 0) is 43.5 Å². The molecule has 0 radical (unpaired) electrons. The molecule has 0 saturated carbocycles. The Morgan fingerprint density at radius 2 is 1.62 bits per heavy atom. The molecule has 2 aliphatic rings. The van der Waals surface area contributed by atoms with Crippen LogP contribution in [0.1, 0.15) is 30.1 Å². The first-order chi connectivity index (χ1) is 12.3. The van der Waals surface area contributed by atoms with Gasteiger partial charge >= 0.3 is 0 Å². The van der Waals surface area contributed by atoms with Crippen LogP contribution in [0.2, 0.25) is 0 Å². The molecule has 2 aliphatic heterocycles. The number of hydrogen-bond acceptors (Lipinski definition) is 3. The van der Waals surface area contributed by atoms with E-state index in [1.165, 1.54) is 0 Å². The van der Waals surface area contributed by atoms with Crippen LogP contribution in [0.15, 0.2) is 65.6 Å². The van der Waals surface area contributed by atoms with Gasteiger partial charge in [-0.25, -0.2) is 0 Å². The largest absolute Gasteiger partial charge is 0.334 e. The maximum Gasteiger partial charge on any atom is 0.241 e. The minimum absolute atomic E-state index is 0. The zero-order chi connectivity index (χ0) is 17.1. The van der Waals surface area contributed by atoms with Gasteiger partial charge in [-0.3, -0.25) is 4.79 Å². The summed E-state index contributed by atoms with van der Waals surface area (Å²) in [5.41, 5.74) is 1.10. The summed E-state index contributed by atoms with van der Waals surface area (Å²) in [5, 5.41) is 3.32. The fraction of sp³-hybridized carbons (Fsp3) is 0.381. The molecule has 3 unspecified atom stereocenters. The number of fused-ring (bicyclic) bond motifs is 2. The normalized spacial score (nSPS) is 23.0. The van der Waals surface area contributed by atoms with Gasteiger partial charge in [0.2, 0.25) is 5.91 Å². The molecule has 2 aromatic rings. The van der Waals surface area contributed by atoms with E-state index in [4.69, 9.17) is 0 Å². The predicted molar refractivity (Wildman–Crippen MR) is 110 cm³/mol. The topological polar surface area (TPSA) is 32.3 Å². The van der Waals surface area contributed by atoms with Crippen LogP contribution >= 0.6 is 24.2 Å². The molecular formula is C21H25ClN2OS. The van der Waals surface area contributed by atoms with Crippen LogP contribution in [0.5, 0.6) is 0 Å². The van der Waals surface area contributed by atoms with Gasteiger partial charge in [-0.15, -0.1) is 24.2 Å². The van der Waals surface area contributed by atoms with Crippen LogP contribution < -0.4 is 5.32 Å². The van der Waals surface area contributed by atoms with E-state index in [1.807, 2.05) is 36.4 Å². The molecule has 3 nitrogen and oxygen atoms in total. The third kappa shape index (κ3) is 4.08. The Labute approximate surface area is 166 Å². The molecule has 4 rings (SSSR count). The van der Waals surface area contributed by atoms with Crippen LogP contribution in [0, 0.1) is 0 Å². The van der Waals surface area contributed by atoms with E-state index < -0.39 is 0 Å². The maximum atomic E-state index is 13.6. The third-order valence-electron chi connectivity index (χ3n) is 5.23. The first-order valence-corrected chi connectivity index (χ1v) is 10.0. The maximum absolute atomic E-state index is 13.6. The molecule has 1 N–H and O–H groups in total. The minimum Gasteiger partial charge on any atom is -0.334 e. The SMILES string of the molecule is Cl.O=C(C(Sc1ccccc1)c1ccccc1)N1C2CCNCC1CC2. The van der Waals surface area contributed by atoms with E-state index in [0.29, 0.717) is 12.1 Å². The number of hydrogen-bond donors (Lipinski definition) is 1. The number of rotatable bonds is 4. The number of amides is 1. The smallest absolute Gasteiger partial charge is 0.241 e. The molecule has 3 atom stereocenters. The van der Waals surface area contributed by atoms with Gasteiger partial charge in [0.1, 0.15) is 5.25 Å². The van der Waals surface area contributed by atoms with Gasteiger partial charge in [0.25, 0.3) is 0 Å². The summed E-state index contributed by atoms with van der Waals surface area (Å²) in [6.45, 7) is 1.95. The van der Waals surface area contributed by atoms with Crippen molar-refractivity contribution in [2.45, 2.75) is 41.5 Å². The molecule has 26 heavy (non-hydrogen) atoms. The van der Waals surface area contributed by atoms with Gasteiger partial charge < -0.3 is 10.2 Å². The van der Waals surface area contributed by atoms with Crippen molar-refractivity contribution in [3.8, 4) is 0 Å². The standard InChI is InChI=1S/C21H24N2OS.ClH/c24-21(23-17-11-12-18(23)15-22-14-13-17)20(16-7-3-1-4-8-16)25-19-9-5-2-6-10-19;/h1-10,17-18,20,22H,11-15H2;1H. The van der Waals surface area contributed by atoms with E-state index in [-0.39, 0.29) is 23.6 Å². The molecule has 2 saturated heterocycles. The van der Waals surface area contributed by atoms with Crippen LogP contribution in [0.3, 0.4) is 0 Å². The molecule has 5 heteroatoms. The molecule has 0 aliphatic carbocycles. The highest BCUT2D eigenvalue weighted by molar-refractivity contribution is 8.00. The Balaban J connectivity index is 0.00000196. The van der Waals surface area contributed by atoms with Crippen molar-refractivity contribution in [1.82, 2.24) is 10.2 Å². The van der Waals surface area contributed by atoms with Crippen molar-refractivity contribution < 1.29 is 4.79 Å². The lowest BCUT2D eigenvalue weighted by molar-refractivity contribution is -0.133. The van der Waals surface area contributed by atoms with E-state index in [2.05, 4.69) is 34.5 Å². The molecule has 2 fully saturated rings. The van der Waals surface area contributed by atoms with E-state index in [1.54, 1.807) is 11.8 Å². The molecular weight excluding hydrogens is 364 g/mol. The lowest BCUT2D eigenvalue weighted by atomic mass is 10.1. The summed E-state index contributed by atoms with van der Waals surface area (Å²) in [4.78, 5) is 16.9. The van der Waals surface area contributed by atoms with Gasteiger partial charge in [0.05, 0.1) is 0 Å². The first-order valence-electron chi connectivity index (χ1n) is 9.12. The highest BCUT2D eigenvalue weighted by atomic mass is 35.5. The lowest BCUT2D eigenvalue weighted by Crippen LogP contribution is -2.44. The first kappa shape index (κ1) is 19.3. The number of nitrogens with one attached hydrogen (secondary N) is 1. The van der Waals surface area contributed by atoms with Crippen LogP contribution in [-0.4, -0.2) is 36.0 Å². The van der Waals surface area contributed by atoms with Crippen LogP contribution in [0.4, 0.5) is 0 Å².